The molecule has 1 unspecified atom stereocenters. The molecule has 0 spiro atoms. The van der Waals surface area contributed by atoms with Gasteiger partial charge in [-0.3, -0.25) is 0 Å². The zero-order valence-electron chi connectivity index (χ0n) is 19.8. The van der Waals surface area contributed by atoms with Gasteiger partial charge < -0.3 is 5.11 Å². The average Bonchev–Trinajstić information content (AvgIpc) is 2.69. The van der Waals surface area contributed by atoms with Gasteiger partial charge >= 0.3 is 0 Å². The lowest BCUT2D eigenvalue weighted by molar-refractivity contribution is 0.113. The molecular formula is C26H48OS2. The highest BCUT2D eigenvalue weighted by Gasteiger charge is 2.31. The highest BCUT2D eigenvalue weighted by Crippen LogP contribution is 2.36. The molecule has 3 heteroatoms. The van der Waals surface area contributed by atoms with Gasteiger partial charge in [-0.25, -0.2) is 0 Å². The molecule has 1 aliphatic rings. The molecule has 0 saturated heterocycles. The molecule has 0 aromatic carbocycles. The van der Waals surface area contributed by atoms with Crippen molar-refractivity contribution in [2.45, 2.75) is 111 Å². The van der Waals surface area contributed by atoms with Crippen molar-refractivity contribution in [1.29, 1.82) is 0 Å². The summed E-state index contributed by atoms with van der Waals surface area (Å²) in [6.45, 7) is 8.92. The van der Waals surface area contributed by atoms with Gasteiger partial charge in [0.25, 0.3) is 0 Å². The van der Waals surface area contributed by atoms with Crippen LogP contribution in [0.4, 0.5) is 0 Å². The largest absolute Gasteiger partial charge is 0.388 e. The topological polar surface area (TPSA) is 20.2 Å². The molecule has 0 amide bonds. The number of aliphatic hydroxyl groups excluding tert-OH is 1. The summed E-state index contributed by atoms with van der Waals surface area (Å²) >= 11 is 4.08. The van der Waals surface area contributed by atoms with Gasteiger partial charge in [0.05, 0.1) is 6.10 Å². The quantitative estimate of drug-likeness (QED) is 0.216. The normalized spacial score (nSPS) is 18.6. The van der Waals surface area contributed by atoms with Gasteiger partial charge in [-0.1, -0.05) is 104 Å². The molecule has 170 valence electrons. The molecule has 0 radical (unpaired) electrons. The van der Waals surface area contributed by atoms with E-state index in [-0.39, 0.29) is 11.5 Å². The van der Waals surface area contributed by atoms with Crippen molar-refractivity contribution in [3.05, 3.63) is 23.3 Å². The fourth-order valence-electron chi connectivity index (χ4n) is 3.95. The second kappa shape index (κ2) is 16.8. The number of aliphatic hydroxyl groups is 1. The third kappa shape index (κ3) is 12.6. The maximum atomic E-state index is 10.8. The Morgan fingerprint density at radius 2 is 1.24 bits per heavy atom. The van der Waals surface area contributed by atoms with Crippen molar-refractivity contribution in [1.82, 2.24) is 0 Å². The van der Waals surface area contributed by atoms with E-state index >= 15 is 0 Å². The number of hydrogen-bond acceptors (Lipinski definition) is 3. The third-order valence-electron chi connectivity index (χ3n) is 5.81. The number of rotatable bonds is 18. The monoisotopic (exact) mass is 440 g/mol. The van der Waals surface area contributed by atoms with Gasteiger partial charge in [0.15, 0.2) is 0 Å². The van der Waals surface area contributed by atoms with E-state index in [1.54, 1.807) is 0 Å². The summed E-state index contributed by atoms with van der Waals surface area (Å²) in [6.07, 6.45) is 20.7. The van der Waals surface area contributed by atoms with Gasteiger partial charge in [0.1, 0.15) is 0 Å². The van der Waals surface area contributed by atoms with Crippen LogP contribution in [0.25, 0.3) is 0 Å². The van der Waals surface area contributed by atoms with Crippen LogP contribution < -0.4 is 0 Å². The maximum absolute atomic E-state index is 10.8. The summed E-state index contributed by atoms with van der Waals surface area (Å²) in [4.78, 5) is 0. The van der Waals surface area contributed by atoms with Crippen LogP contribution in [0, 0.1) is 5.41 Å². The number of unbranched alkanes of at least 4 members (excludes halogenated alkanes) is 10. The van der Waals surface area contributed by atoms with Crippen molar-refractivity contribution in [3.8, 4) is 0 Å². The first-order valence-corrected chi connectivity index (χ1v) is 14.6. The molecule has 0 saturated carbocycles. The van der Waals surface area contributed by atoms with E-state index in [0.717, 1.165) is 11.5 Å². The average molecular weight is 441 g/mol. The summed E-state index contributed by atoms with van der Waals surface area (Å²) in [5.41, 5.74) is 2.52. The molecule has 0 bridgehead atoms. The predicted octanol–water partition coefficient (Wildman–Crippen LogP) is 8.43. The Bertz CT molecular complexity index is 467. The maximum Gasteiger partial charge on any atom is 0.0846 e. The SMILES string of the molecule is CCCCCCCCSCC1=CC(C)(C)C(O)C(CSCCCCCCCC)=C1. The molecule has 0 heterocycles. The third-order valence-corrected chi connectivity index (χ3v) is 8.04. The minimum Gasteiger partial charge on any atom is -0.388 e. The zero-order valence-corrected chi connectivity index (χ0v) is 21.4. The molecule has 1 rings (SSSR count). The Morgan fingerprint density at radius 1 is 0.759 bits per heavy atom. The molecule has 0 aliphatic heterocycles. The smallest absolute Gasteiger partial charge is 0.0846 e. The minimum atomic E-state index is -0.327. The Balaban J connectivity index is 2.29. The summed E-state index contributed by atoms with van der Waals surface area (Å²) in [5.74, 6) is 4.57. The number of hydrogen-bond donors (Lipinski definition) is 1. The Labute approximate surface area is 191 Å². The van der Waals surface area contributed by atoms with Crippen molar-refractivity contribution >= 4 is 23.5 Å². The van der Waals surface area contributed by atoms with Crippen molar-refractivity contribution < 1.29 is 5.11 Å². The predicted molar refractivity (Wildman–Crippen MR) is 137 cm³/mol. The van der Waals surface area contributed by atoms with Gasteiger partial charge in [0, 0.05) is 16.9 Å². The molecule has 1 atom stereocenters. The molecule has 1 nitrogen and oxygen atoms in total. The zero-order chi connectivity index (χ0) is 21.4. The van der Waals surface area contributed by atoms with Crippen LogP contribution in [-0.2, 0) is 0 Å². The molecular weight excluding hydrogens is 392 g/mol. The second-order valence-electron chi connectivity index (χ2n) is 9.30. The van der Waals surface area contributed by atoms with Crippen LogP contribution in [0.1, 0.15) is 105 Å². The van der Waals surface area contributed by atoms with E-state index in [1.807, 2.05) is 11.8 Å². The number of thioether (sulfide) groups is 2. The first-order chi connectivity index (χ1) is 14.0. The highest BCUT2D eigenvalue weighted by molar-refractivity contribution is 7.99. The minimum absolute atomic E-state index is 0.138. The van der Waals surface area contributed by atoms with Gasteiger partial charge in [-0.05, 0) is 35.5 Å². The van der Waals surface area contributed by atoms with E-state index in [2.05, 4.69) is 51.6 Å². The first-order valence-electron chi connectivity index (χ1n) is 12.3. The molecule has 1 N–H and O–H groups in total. The van der Waals surface area contributed by atoms with Crippen LogP contribution in [0.2, 0.25) is 0 Å². The van der Waals surface area contributed by atoms with E-state index < -0.39 is 0 Å². The molecule has 0 aromatic heterocycles. The van der Waals surface area contributed by atoms with Crippen LogP contribution in [0.3, 0.4) is 0 Å². The van der Waals surface area contributed by atoms with E-state index in [9.17, 15) is 5.11 Å². The summed E-state index contributed by atoms with van der Waals surface area (Å²) in [7, 11) is 0. The summed E-state index contributed by atoms with van der Waals surface area (Å²) in [6, 6.07) is 0. The van der Waals surface area contributed by atoms with Crippen LogP contribution in [0.5, 0.6) is 0 Å². The molecule has 29 heavy (non-hydrogen) atoms. The standard InChI is InChI=1S/C26H48OS2/c1-5-7-9-11-13-15-17-28-21-23-19-24(25(27)26(3,4)20-23)22-29-18-16-14-12-10-8-6-2/h19-20,25,27H,5-18,21-22H2,1-4H3. The summed E-state index contributed by atoms with van der Waals surface area (Å²) < 4.78 is 0. The Kier molecular flexibility index (Phi) is 15.7. The van der Waals surface area contributed by atoms with Crippen molar-refractivity contribution in [2.75, 3.05) is 23.0 Å². The fourth-order valence-corrected chi connectivity index (χ4v) is 5.93. The van der Waals surface area contributed by atoms with E-state index in [0.29, 0.717) is 0 Å². The molecule has 0 fully saturated rings. The lowest BCUT2D eigenvalue weighted by Gasteiger charge is -2.34. The second-order valence-corrected chi connectivity index (χ2v) is 11.5. The van der Waals surface area contributed by atoms with Gasteiger partial charge in [0.2, 0.25) is 0 Å². The molecule has 1 aliphatic carbocycles. The van der Waals surface area contributed by atoms with Gasteiger partial charge in [-0.15, -0.1) is 0 Å². The molecule has 0 aromatic rings. The van der Waals surface area contributed by atoms with E-state index in [1.165, 1.54) is 99.7 Å². The van der Waals surface area contributed by atoms with Crippen LogP contribution in [-0.4, -0.2) is 34.2 Å². The van der Waals surface area contributed by atoms with Crippen molar-refractivity contribution in [3.63, 3.8) is 0 Å². The summed E-state index contributed by atoms with van der Waals surface area (Å²) in [5, 5.41) is 10.8. The number of allylic oxidation sites excluding steroid dienone is 1. The Morgan fingerprint density at radius 3 is 1.79 bits per heavy atom. The lowest BCUT2D eigenvalue weighted by atomic mass is 9.77. The van der Waals surface area contributed by atoms with Crippen LogP contribution in [0.15, 0.2) is 23.3 Å². The Hall–Kier alpha value is 0.140. The fraction of sp³-hybridized carbons (Fsp3) is 0.846. The van der Waals surface area contributed by atoms with Crippen molar-refractivity contribution in [2.24, 2.45) is 5.41 Å². The highest BCUT2D eigenvalue weighted by atomic mass is 32.2. The first kappa shape index (κ1) is 27.2. The van der Waals surface area contributed by atoms with Crippen LogP contribution >= 0.6 is 23.5 Å². The van der Waals surface area contributed by atoms with Gasteiger partial charge in [-0.2, -0.15) is 23.5 Å². The van der Waals surface area contributed by atoms with E-state index in [4.69, 9.17) is 0 Å². The lowest BCUT2D eigenvalue weighted by Crippen LogP contribution is -2.33.